The van der Waals surface area contributed by atoms with Crippen LogP contribution in [-0.2, 0) is 9.59 Å². The molecule has 1 fully saturated rings. The van der Waals surface area contributed by atoms with Crippen molar-refractivity contribution in [1.29, 1.82) is 0 Å². The Morgan fingerprint density at radius 1 is 1.25 bits per heavy atom. The van der Waals surface area contributed by atoms with Gasteiger partial charge in [-0.1, -0.05) is 6.07 Å². The van der Waals surface area contributed by atoms with Crippen LogP contribution in [0, 0.1) is 11.7 Å². The molecular formula is C19H15FN4O4. The van der Waals surface area contributed by atoms with Crippen molar-refractivity contribution in [3.63, 3.8) is 0 Å². The van der Waals surface area contributed by atoms with Crippen molar-refractivity contribution in [1.82, 2.24) is 10.2 Å². The van der Waals surface area contributed by atoms with E-state index < -0.39 is 11.7 Å². The van der Waals surface area contributed by atoms with Crippen LogP contribution in [0.25, 0.3) is 10.9 Å². The van der Waals surface area contributed by atoms with Crippen LogP contribution in [0.4, 0.5) is 15.9 Å². The molecule has 1 unspecified atom stereocenters. The minimum Gasteiger partial charge on any atom is -0.454 e. The molecule has 3 heterocycles. The lowest BCUT2D eigenvalue weighted by Gasteiger charge is -2.14. The number of hydrogen-bond acceptors (Lipinski definition) is 5. The normalized spacial score (nSPS) is 18.1. The number of ether oxygens (including phenoxy) is 2. The van der Waals surface area contributed by atoms with Crippen molar-refractivity contribution in [2.24, 2.45) is 5.92 Å². The predicted octanol–water partition coefficient (Wildman–Crippen LogP) is 2.42. The molecule has 28 heavy (non-hydrogen) atoms. The number of nitrogens with zero attached hydrogens (tertiary/aromatic N) is 2. The van der Waals surface area contributed by atoms with Crippen LogP contribution in [-0.4, -0.2) is 35.3 Å². The Bertz CT molecular complexity index is 1110. The molecule has 0 aliphatic carbocycles. The number of aromatic amines is 1. The van der Waals surface area contributed by atoms with Gasteiger partial charge in [-0.25, -0.2) is 4.39 Å². The van der Waals surface area contributed by atoms with Gasteiger partial charge in [0.05, 0.1) is 16.8 Å². The second-order valence-electron chi connectivity index (χ2n) is 6.67. The molecule has 3 aromatic rings. The maximum atomic E-state index is 14.2. The average Bonchev–Trinajstić information content (AvgIpc) is 3.39. The Labute approximate surface area is 158 Å². The van der Waals surface area contributed by atoms with Crippen LogP contribution in [0.1, 0.15) is 6.42 Å². The first-order valence-electron chi connectivity index (χ1n) is 8.73. The number of halogens is 1. The number of carbonyl (C=O) groups is 2. The molecule has 9 heteroatoms. The van der Waals surface area contributed by atoms with E-state index in [1.165, 1.54) is 11.0 Å². The van der Waals surface area contributed by atoms with Crippen molar-refractivity contribution < 1.29 is 23.5 Å². The van der Waals surface area contributed by atoms with Gasteiger partial charge in [0.2, 0.25) is 18.6 Å². The van der Waals surface area contributed by atoms with Crippen LogP contribution < -0.4 is 19.7 Å². The monoisotopic (exact) mass is 382 g/mol. The lowest BCUT2D eigenvalue weighted by Crippen LogP contribution is -2.28. The van der Waals surface area contributed by atoms with E-state index in [4.69, 9.17) is 9.47 Å². The highest BCUT2D eigenvalue weighted by Gasteiger charge is 2.37. The summed E-state index contributed by atoms with van der Waals surface area (Å²) in [6.45, 7) is 0.274. The van der Waals surface area contributed by atoms with Gasteiger partial charge in [-0.05, 0) is 24.3 Å². The molecule has 0 spiro atoms. The van der Waals surface area contributed by atoms with Crippen molar-refractivity contribution in [3.05, 3.63) is 42.2 Å². The van der Waals surface area contributed by atoms with E-state index >= 15 is 0 Å². The van der Waals surface area contributed by atoms with Crippen molar-refractivity contribution >= 4 is 34.2 Å². The van der Waals surface area contributed by atoms with Gasteiger partial charge in [0, 0.05) is 24.7 Å². The number of fused-ring (bicyclic) bond motifs is 2. The van der Waals surface area contributed by atoms with E-state index in [-0.39, 0.29) is 42.8 Å². The summed E-state index contributed by atoms with van der Waals surface area (Å²) >= 11 is 0. The molecule has 8 nitrogen and oxygen atoms in total. The fourth-order valence-corrected chi connectivity index (χ4v) is 3.52. The van der Waals surface area contributed by atoms with Crippen molar-refractivity contribution in [2.45, 2.75) is 6.42 Å². The van der Waals surface area contributed by atoms with E-state index in [9.17, 15) is 14.0 Å². The summed E-state index contributed by atoms with van der Waals surface area (Å²) in [5.41, 5.74) is 1.05. The van der Waals surface area contributed by atoms with E-state index in [1.54, 1.807) is 30.3 Å². The zero-order valence-electron chi connectivity index (χ0n) is 14.6. The third-order valence-corrected chi connectivity index (χ3v) is 4.91. The quantitative estimate of drug-likeness (QED) is 0.725. The van der Waals surface area contributed by atoms with Gasteiger partial charge in [-0.15, -0.1) is 0 Å². The highest BCUT2D eigenvalue weighted by Crippen LogP contribution is 2.35. The second-order valence-corrected chi connectivity index (χ2v) is 6.67. The van der Waals surface area contributed by atoms with E-state index in [0.717, 1.165) is 0 Å². The Morgan fingerprint density at radius 2 is 2.11 bits per heavy atom. The summed E-state index contributed by atoms with van der Waals surface area (Å²) in [4.78, 5) is 26.5. The van der Waals surface area contributed by atoms with Gasteiger partial charge in [0.25, 0.3) is 0 Å². The average molecular weight is 382 g/mol. The molecule has 1 atom stereocenters. The Hall–Kier alpha value is -3.62. The molecular weight excluding hydrogens is 367 g/mol. The first-order valence-corrected chi connectivity index (χ1v) is 8.73. The first kappa shape index (κ1) is 16.5. The lowest BCUT2D eigenvalue weighted by atomic mass is 10.1. The van der Waals surface area contributed by atoms with Gasteiger partial charge in [0.15, 0.2) is 17.3 Å². The summed E-state index contributed by atoms with van der Waals surface area (Å²) in [6.07, 6.45) is 0.0270. The summed E-state index contributed by atoms with van der Waals surface area (Å²) in [6, 6.07) is 9.64. The van der Waals surface area contributed by atoms with E-state index in [1.807, 2.05) is 0 Å². The van der Waals surface area contributed by atoms with Gasteiger partial charge in [-0.2, -0.15) is 5.10 Å². The molecule has 0 saturated carbocycles. The fourth-order valence-electron chi connectivity index (χ4n) is 3.52. The molecule has 0 bridgehead atoms. The molecule has 1 saturated heterocycles. The molecule has 2 amide bonds. The van der Waals surface area contributed by atoms with Crippen LogP contribution in [0.2, 0.25) is 0 Å². The number of aromatic nitrogens is 2. The first-order chi connectivity index (χ1) is 13.6. The molecule has 142 valence electrons. The van der Waals surface area contributed by atoms with Crippen molar-refractivity contribution in [3.8, 4) is 11.5 Å². The van der Waals surface area contributed by atoms with Crippen LogP contribution in [0.15, 0.2) is 36.4 Å². The van der Waals surface area contributed by atoms with Crippen LogP contribution >= 0.6 is 0 Å². The van der Waals surface area contributed by atoms with Crippen LogP contribution in [0.3, 0.4) is 0 Å². The summed E-state index contributed by atoms with van der Waals surface area (Å²) in [5, 5.41) is 9.84. The number of carbonyl (C=O) groups excluding carboxylic acids is 2. The number of anilines is 2. The maximum Gasteiger partial charge on any atom is 0.231 e. The standard InChI is InChI=1S/C19H15FN4O4/c20-12-2-1-3-13-17(12)18(23-22-13)24-8-10(6-16(24)25)19(26)21-11-4-5-14-15(7-11)28-9-27-14/h1-5,7,10H,6,8-9H2,(H,21,26)(H,22,23). The smallest absolute Gasteiger partial charge is 0.231 e. The molecule has 0 radical (unpaired) electrons. The van der Waals surface area contributed by atoms with Gasteiger partial charge in [-0.3, -0.25) is 19.6 Å². The number of rotatable bonds is 3. The number of amides is 2. The zero-order chi connectivity index (χ0) is 19.3. The molecule has 1 aromatic heterocycles. The Balaban J connectivity index is 1.35. The topological polar surface area (TPSA) is 96.5 Å². The minimum absolute atomic E-state index is 0.0270. The summed E-state index contributed by atoms with van der Waals surface area (Å²) < 4.78 is 24.8. The van der Waals surface area contributed by atoms with Crippen molar-refractivity contribution in [2.75, 3.05) is 23.6 Å². The largest absolute Gasteiger partial charge is 0.454 e. The predicted molar refractivity (Wildman–Crippen MR) is 97.7 cm³/mol. The molecule has 2 aromatic carbocycles. The maximum absolute atomic E-state index is 14.2. The molecule has 5 rings (SSSR count). The van der Waals surface area contributed by atoms with E-state index in [2.05, 4.69) is 15.5 Å². The third-order valence-electron chi connectivity index (χ3n) is 4.91. The number of hydrogen-bond donors (Lipinski definition) is 2. The number of nitrogens with one attached hydrogen (secondary N) is 2. The Morgan fingerprint density at radius 3 is 3.00 bits per heavy atom. The summed E-state index contributed by atoms with van der Waals surface area (Å²) in [5.74, 6) is -0.235. The SMILES string of the molecule is O=C(Nc1ccc2c(c1)OCO2)C1CC(=O)N(c2n[nH]c3cccc(F)c23)C1. The summed E-state index contributed by atoms with van der Waals surface area (Å²) in [7, 11) is 0. The van der Waals surface area contributed by atoms with Gasteiger partial charge < -0.3 is 14.8 Å². The third kappa shape index (κ3) is 2.63. The number of H-pyrrole nitrogens is 1. The number of benzene rings is 2. The Kier molecular flexibility index (Phi) is 3.68. The second kappa shape index (κ2) is 6.22. The molecule has 2 aliphatic heterocycles. The highest BCUT2D eigenvalue weighted by atomic mass is 19.1. The highest BCUT2D eigenvalue weighted by molar-refractivity contribution is 6.07. The minimum atomic E-state index is -0.573. The van der Waals surface area contributed by atoms with Gasteiger partial charge in [0.1, 0.15) is 5.82 Å². The fraction of sp³-hybridized carbons (Fsp3) is 0.211. The van der Waals surface area contributed by atoms with Crippen LogP contribution in [0.5, 0.6) is 11.5 Å². The van der Waals surface area contributed by atoms with E-state index in [0.29, 0.717) is 22.7 Å². The van der Waals surface area contributed by atoms with Gasteiger partial charge >= 0.3 is 0 Å². The molecule has 2 N–H and O–H groups in total. The lowest BCUT2D eigenvalue weighted by molar-refractivity contribution is -0.122. The zero-order valence-corrected chi connectivity index (χ0v) is 14.6. The molecule has 2 aliphatic rings.